The second kappa shape index (κ2) is 8.58. The fourth-order valence-corrected chi connectivity index (χ4v) is 3.47. The summed E-state index contributed by atoms with van der Waals surface area (Å²) in [6.45, 7) is 1.77. The number of para-hydroxylation sites is 1. The number of aryl methyl sites for hydroxylation is 1. The Bertz CT molecular complexity index is 1030. The molecule has 28 heavy (non-hydrogen) atoms. The van der Waals surface area contributed by atoms with E-state index in [1.807, 2.05) is 25.1 Å². The van der Waals surface area contributed by atoms with Crippen molar-refractivity contribution in [2.45, 2.75) is 11.8 Å². The van der Waals surface area contributed by atoms with Gasteiger partial charge in [0.25, 0.3) is 15.9 Å². The SMILES string of the molecule is Cc1ccc(S(=O)(=O)Nc2ccc(NC(=O)COc3ccccc3)cc2)cc1. The molecule has 0 aliphatic carbocycles. The van der Waals surface area contributed by atoms with Gasteiger partial charge in [0, 0.05) is 11.4 Å². The molecule has 0 saturated heterocycles. The summed E-state index contributed by atoms with van der Waals surface area (Å²) in [7, 11) is -3.66. The monoisotopic (exact) mass is 396 g/mol. The molecule has 0 heterocycles. The molecule has 0 unspecified atom stereocenters. The van der Waals surface area contributed by atoms with Crippen molar-refractivity contribution in [2.75, 3.05) is 16.6 Å². The van der Waals surface area contributed by atoms with E-state index in [1.54, 1.807) is 60.7 Å². The van der Waals surface area contributed by atoms with Gasteiger partial charge in [0.15, 0.2) is 6.61 Å². The predicted octanol–water partition coefficient (Wildman–Crippen LogP) is 3.81. The van der Waals surface area contributed by atoms with Crippen molar-refractivity contribution >= 4 is 27.3 Å². The largest absolute Gasteiger partial charge is 0.484 e. The van der Waals surface area contributed by atoms with E-state index in [1.165, 1.54) is 0 Å². The number of carbonyl (C=O) groups excluding carboxylic acids is 1. The van der Waals surface area contributed by atoms with Crippen LogP contribution in [0.2, 0.25) is 0 Å². The molecule has 0 aromatic heterocycles. The first kappa shape index (κ1) is 19.4. The molecule has 0 fully saturated rings. The first-order valence-electron chi connectivity index (χ1n) is 8.60. The Labute approximate surface area is 164 Å². The molecule has 2 N–H and O–H groups in total. The Morgan fingerprint density at radius 1 is 0.857 bits per heavy atom. The van der Waals surface area contributed by atoms with Crippen molar-refractivity contribution < 1.29 is 17.9 Å². The van der Waals surface area contributed by atoms with Crippen LogP contribution in [0.5, 0.6) is 5.75 Å². The third-order valence-electron chi connectivity index (χ3n) is 3.87. The molecule has 0 aliphatic rings. The molecule has 3 aromatic carbocycles. The summed E-state index contributed by atoms with van der Waals surface area (Å²) >= 11 is 0. The minimum Gasteiger partial charge on any atom is -0.484 e. The molecule has 0 atom stereocenters. The molecular weight excluding hydrogens is 376 g/mol. The number of rotatable bonds is 7. The van der Waals surface area contributed by atoms with Crippen LogP contribution in [0, 0.1) is 6.92 Å². The van der Waals surface area contributed by atoms with E-state index in [-0.39, 0.29) is 17.4 Å². The van der Waals surface area contributed by atoms with Gasteiger partial charge in [0.05, 0.1) is 4.90 Å². The van der Waals surface area contributed by atoms with Crippen molar-refractivity contribution in [2.24, 2.45) is 0 Å². The van der Waals surface area contributed by atoms with Crippen LogP contribution < -0.4 is 14.8 Å². The Morgan fingerprint density at radius 3 is 2.11 bits per heavy atom. The number of nitrogens with one attached hydrogen (secondary N) is 2. The first-order chi connectivity index (χ1) is 13.4. The maximum atomic E-state index is 12.4. The number of anilines is 2. The standard InChI is InChI=1S/C21H20N2O4S/c1-16-7-13-20(14-8-16)28(25,26)23-18-11-9-17(10-12-18)22-21(24)15-27-19-5-3-2-4-6-19/h2-14,23H,15H2,1H3,(H,22,24). The minimum absolute atomic E-state index is 0.119. The molecule has 0 aliphatic heterocycles. The quantitative estimate of drug-likeness (QED) is 0.636. The molecule has 1 amide bonds. The number of carbonyl (C=O) groups is 1. The van der Waals surface area contributed by atoms with E-state index in [0.29, 0.717) is 17.1 Å². The van der Waals surface area contributed by atoms with Crippen LogP contribution in [0.4, 0.5) is 11.4 Å². The fourth-order valence-electron chi connectivity index (χ4n) is 2.42. The molecule has 0 spiro atoms. The van der Waals surface area contributed by atoms with Gasteiger partial charge in [-0.15, -0.1) is 0 Å². The van der Waals surface area contributed by atoms with Crippen molar-refractivity contribution in [3.63, 3.8) is 0 Å². The highest BCUT2D eigenvalue weighted by molar-refractivity contribution is 7.92. The zero-order valence-electron chi connectivity index (χ0n) is 15.3. The topological polar surface area (TPSA) is 84.5 Å². The van der Waals surface area contributed by atoms with E-state index in [2.05, 4.69) is 10.0 Å². The number of sulfonamides is 1. The van der Waals surface area contributed by atoms with Gasteiger partial charge >= 0.3 is 0 Å². The van der Waals surface area contributed by atoms with Gasteiger partial charge in [-0.05, 0) is 55.5 Å². The van der Waals surface area contributed by atoms with E-state index in [9.17, 15) is 13.2 Å². The second-order valence-corrected chi connectivity index (χ2v) is 7.83. The predicted molar refractivity (Wildman–Crippen MR) is 109 cm³/mol. The zero-order chi connectivity index (χ0) is 20.0. The van der Waals surface area contributed by atoms with Crippen molar-refractivity contribution in [3.8, 4) is 5.75 Å². The normalized spacial score (nSPS) is 10.9. The summed E-state index contributed by atoms with van der Waals surface area (Å²) in [5, 5.41) is 2.70. The highest BCUT2D eigenvalue weighted by Crippen LogP contribution is 2.19. The molecule has 144 valence electrons. The van der Waals surface area contributed by atoms with Gasteiger partial charge in [0.2, 0.25) is 0 Å². The zero-order valence-corrected chi connectivity index (χ0v) is 16.1. The number of hydrogen-bond acceptors (Lipinski definition) is 4. The molecule has 3 aromatic rings. The van der Waals surface area contributed by atoms with Crippen LogP contribution in [-0.4, -0.2) is 20.9 Å². The Morgan fingerprint density at radius 2 is 1.46 bits per heavy atom. The van der Waals surface area contributed by atoms with Gasteiger partial charge in [-0.3, -0.25) is 9.52 Å². The lowest BCUT2D eigenvalue weighted by molar-refractivity contribution is -0.118. The van der Waals surface area contributed by atoms with Gasteiger partial charge in [-0.2, -0.15) is 0 Å². The third kappa shape index (κ3) is 5.34. The number of amides is 1. The van der Waals surface area contributed by atoms with Gasteiger partial charge in [-0.25, -0.2) is 8.42 Å². The lowest BCUT2D eigenvalue weighted by Crippen LogP contribution is -2.20. The van der Waals surface area contributed by atoms with Crippen LogP contribution in [0.15, 0.2) is 83.8 Å². The van der Waals surface area contributed by atoms with Crippen molar-refractivity contribution in [3.05, 3.63) is 84.4 Å². The van der Waals surface area contributed by atoms with Crippen molar-refractivity contribution in [1.82, 2.24) is 0 Å². The summed E-state index contributed by atoms with van der Waals surface area (Å²) < 4.78 is 32.7. The van der Waals surface area contributed by atoms with Crippen LogP contribution in [0.3, 0.4) is 0 Å². The molecule has 0 bridgehead atoms. The highest BCUT2D eigenvalue weighted by Gasteiger charge is 2.13. The maximum Gasteiger partial charge on any atom is 0.262 e. The van der Waals surface area contributed by atoms with Gasteiger partial charge in [-0.1, -0.05) is 35.9 Å². The van der Waals surface area contributed by atoms with Gasteiger partial charge < -0.3 is 10.1 Å². The van der Waals surface area contributed by atoms with E-state index >= 15 is 0 Å². The lowest BCUT2D eigenvalue weighted by Gasteiger charge is -2.10. The Kier molecular flexibility index (Phi) is 5.96. The Balaban J connectivity index is 1.57. The number of hydrogen-bond donors (Lipinski definition) is 2. The van der Waals surface area contributed by atoms with Crippen molar-refractivity contribution in [1.29, 1.82) is 0 Å². The maximum absolute atomic E-state index is 12.4. The molecular formula is C21H20N2O4S. The molecule has 0 saturated carbocycles. The van der Waals surface area contributed by atoms with Crippen LogP contribution >= 0.6 is 0 Å². The molecule has 6 nitrogen and oxygen atoms in total. The summed E-state index contributed by atoms with van der Waals surface area (Å²) in [4.78, 5) is 12.2. The average molecular weight is 396 g/mol. The highest BCUT2D eigenvalue weighted by atomic mass is 32.2. The lowest BCUT2D eigenvalue weighted by atomic mass is 10.2. The molecule has 7 heteroatoms. The molecule has 0 radical (unpaired) electrons. The fraction of sp³-hybridized carbons (Fsp3) is 0.0952. The third-order valence-corrected chi connectivity index (χ3v) is 5.26. The average Bonchev–Trinajstić information content (AvgIpc) is 2.69. The van der Waals surface area contributed by atoms with E-state index < -0.39 is 10.0 Å². The number of benzene rings is 3. The minimum atomic E-state index is -3.66. The van der Waals surface area contributed by atoms with Crippen LogP contribution in [0.1, 0.15) is 5.56 Å². The number of ether oxygens (including phenoxy) is 1. The molecule has 3 rings (SSSR count). The summed E-state index contributed by atoms with van der Waals surface area (Å²) in [6.07, 6.45) is 0. The summed E-state index contributed by atoms with van der Waals surface area (Å²) in [6, 6.07) is 22.0. The van der Waals surface area contributed by atoms with E-state index in [4.69, 9.17) is 4.74 Å². The van der Waals surface area contributed by atoms with Crippen LogP contribution in [-0.2, 0) is 14.8 Å². The summed E-state index contributed by atoms with van der Waals surface area (Å²) in [5.41, 5.74) is 1.93. The first-order valence-corrected chi connectivity index (χ1v) is 10.1. The Hall–Kier alpha value is -3.32. The second-order valence-electron chi connectivity index (χ2n) is 6.15. The summed E-state index contributed by atoms with van der Waals surface area (Å²) in [5.74, 6) is 0.301. The van der Waals surface area contributed by atoms with Gasteiger partial charge in [0.1, 0.15) is 5.75 Å². The van der Waals surface area contributed by atoms with E-state index in [0.717, 1.165) is 5.56 Å². The smallest absolute Gasteiger partial charge is 0.262 e. The van der Waals surface area contributed by atoms with Crippen LogP contribution in [0.25, 0.3) is 0 Å².